The van der Waals surface area contributed by atoms with Gasteiger partial charge in [0.05, 0.1) is 23.7 Å². The third-order valence-corrected chi connectivity index (χ3v) is 0. The van der Waals surface area contributed by atoms with Gasteiger partial charge in [0.1, 0.15) is 0 Å². The van der Waals surface area contributed by atoms with Gasteiger partial charge in [-0.1, -0.05) is 0 Å². The zero-order valence-electron chi connectivity index (χ0n) is 1.44. The third kappa shape index (κ3) is 9.23. The second-order valence-corrected chi connectivity index (χ2v) is 0.525. The molecule has 0 aliphatic heterocycles. The summed E-state index contributed by atoms with van der Waals surface area (Å²) in [5.74, 6) is 0. The predicted octanol–water partition coefficient (Wildman–Crippen LogP) is 1.31. The van der Waals surface area contributed by atoms with Crippen molar-refractivity contribution in [1.29, 1.82) is 0 Å². The molecule has 0 fully saturated rings. The van der Waals surface area contributed by atoms with E-state index in [0.717, 1.165) is 0 Å². The average molecular weight is 256 g/mol. The Kier molecular flexibility index (Phi) is 20.4. The molecule has 33 valence electrons. The number of rotatable bonds is 0. The first-order valence-electron chi connectivity index (χ1n) is 0.309. The van der Waals surface area contributed by atoms with Crippen LogP contribution in [0.4, 0.5) is 0 Å². The molecule has 0 bridgehead atoms. The van der Waals surface area contributed by atoms with Gasteiger partial charge in [0.2, 0.25) is 0 Å². The maximum atomic E-state index is 4.26. The summed E-state index contributed by atoms with van der Waals surface area (Å²) in [7, 11) is 0. The summed E-state index contributed by atoms with van der Waals surface area (Å²) < 4.78 is 3.19. The van der Waals surface area contributed by atoms with Crippen LogP contribution in [-0.2, 0) is 3.84 Å². The fraction of sp³-hybridized carbons (Fsp3) is 0. The molecule has 0 saturated carbocycles. The van der Waals surface area contributed by atoms with E-state index < -0.39 is 0 Å². The van der Waals surface area contributed by atoms with Gasteiger partial charge in [0.25, 0.3) is 0 Å². The minimum Gasteiger partial charge on any atom is -0.166 e. The van der Waals surface area contributed by atoms with Crippen molar-refractivity contribution in [3.05, 3.63) is 0 Å². The summed E-state index contributed by atoms with van der Waals surface area (Å²) in [6.07, 6.45) is 0. The van der Waals surface area contributed by atoms with Crippen molar-refractivity contribution in [2.75, 3.05) is 0 Å². The molecule has 0 heterocycles. The van der Waals surface area contributed by atoms with Crippen LogP contribution in [0.5, 0.6) is 0 Å². The van der Waals surface area contributed by atoms with Crippen LogP contribution in [0.3, 0.4) is 0 Å². The van der Waals surface area contributed by atoms with Gasteiger partial charge in [0, 0.05) is 36.9 Å². The topological polar surface area (TPSA) is 9.23 Å². The van der Waals surface area contributed by atoms with Gasteiger partial charge in [-0.25, -0.2) is 0 Å². The molecule has 1 nitrogen and oxygen atoms in total. The van der Waals surface area contributed by atoms with E-state index in [9.17, 15) is 0 Å². The fourth-order valence-corrected chi connectivity index (χ4v) is 0. The zero-order valence-corrected chi connectivity index (χ0v) is 4.73. The summed E-state index contributed by atoms with van der Waals surface area (Å²) in [6, 6.07) is 0. The molecule has 0 aliphatic rings. The van der Waals surface area contributed by atoms with Gasteiger partial charge < -0.3 is 0 Å². The van der Waals surface area contributed by atoms with E-state index in [0.29, 0.717) is 0 Å². The maximum absolute atomic E-state index is 4.26. The molecule has 0 aromatic rings. The molecule has 0 spiro atoms. The van der Waals surface area contributed by atoms with E-state index in [1.54, 1.807) is 0 Å². The molecule has 0 aromatic heterocycles. The summed E-state index contributed by atoms with van der Waals surface area (Å²) >= 11 is 8.53. The molecule has 0 N–H and O–H groups in total. The van der Waals surface area contributed by atoms with Crippen LogP contribution < -0.4 is 0 Å². The molecule has 4 heavy (non-hydrogen) atoms. The Balaban J connectivity index is 0. The van der Waals surface area contributed by atoms with Gasteiger partial charge in [0.15, 0.2) is 0 Å². The van der Waals surface area contributed by atoms with Crippen LogP contribution in [-0.4, -0.2) is 0 Å². The normalized spacial score (nSPS) is 4.50. The second-order valence-electron chi connectivity index (χ2n) is 0.0583. The molecule has 0 saturated heterocycles. The second kappa shape index (κ2) is 8.84. The minimum absolute atomic E-state index is 0. The first kappa shape index (κ1) is 9.24. The SMILES string of the molecule is ClOCl.[Tm]. The molecule has 0 amide bonds. The van der Waals surface area contributed by atoms with Crippen molar-refractivity contribution in [1.82, 2.24) is 0 Å². The average Bonchev–Trinajstić information content (AvgIpc) is 0.918. The third-order valence-electron chi connectivity index (χ3n) is 0. The van der Waals surface area contributed by atoms with Gasteiger partial charge >= 0.3 is 0 Å². The number of hydrogen-bond donors (Lipinski definition) is 0. The van der Waals surface area contributed by atoms with Crippen LogP contribution >= 0.6 is 23.7 Å². The molecule has 0 atom stereocenters. The maximum Gasteiger partial charge on any atom is 0.0832 e. The van der Waals surface area contributed by atoms with Crippen LogP contribution in [0.15, 0.2) is 0 Å². The van der Waals surface area contributed by atoms with Crippen LogP contribution in [0.2, 0.25) is 0 Å². The van der Waals surface area contributed by atoms with Crippen LogP contribution in [0.25, 0.3) is 0 Å². The summed E-state index contributed by atoms with van der Waals surface area (Å²) in [4.78, 5) is 0. The van der Waals surface area contributed by atoms with Crippen molar-refractivity contribution in [2.45, 2.75) is 0 Å². The summed E-state index contributed by atoms with van der Waals surface area (Å²) in [5, 5.41) is 0. The van der Waals surface area contributed by atoms with Crippen molar-refractivity contribution < 1.29 is 40.7 Å². The Morgan fingerprint density at radius 2 is 1.25 bits per heavy atom. The molecule has 1 radical (unpaired) electrons. The Morgan fingerprint density at radius 3 is 1.25 bits per heavy atom. The van der Waals surface area contributed by atoms with Gasteiger partial charge in [-0.05, 0) is 0 Å². The van der Waals surface area contributed by atoms with Gasteiger partial charge in [-0.15, -0.1) is 0 Å². The van der Waals surface area contributed by atoms with Crippen molar-refractivity contribution in [3.63, 3.8) is 0 Å². The standard InChI is InChI=1S/Cl2O.Tm/c1-3-2;. The van der Waals surface area contributed by atoms with E-state index in [1.165, 1.54) is 0 Å². The van der Waals surface area contributed by atoms with E-state index in [2.05, 4.69) is 27.6 Å². The smallest absolute Gasteiger partial charge is 0.0832 e. The quantitative estimate of drug-likeness (QED) is 0.634. The van der Waals surface area contributed by atoms with Crippen LogP contribution in [0, 0.1) is 36.9 Å². The summed E-state index contributed by atoms with van der Waals surface area (Å²) in [6.45, 7) is 0. The largest absolute Gasteiger partial charge is 0.166 e. The van der Waals surface area contributed by atoms with Gasteiger partial charge in [-0.3, -0.25) is 0 Å². The number of halogens is 2. The Bertz CT molecular complexity index is 6.00. The Hall–Kier alpha value is 1.77. The molecule has 0 unspecified atom stereocenters. The first-order chi connectivity index (χ1) is 1.41. The van der Waals surface area contributed by atoms with E-state index in [1.807, 2.05) is 0 Å². The molecular weight excluding hydrogens is 256 g/mol. The van der Waals surface area contributed by atoms with Gasteiger partial charge in [-0.2, -0.15) is 3.84 Å². The van der Waals surface area contributed by atoms with Crippen LogP contribution in [0.1, 0.15) is 0 Å². The minimum atomic E-state index is 0. The van der Waals surface area contributed by atoms with Crippen molar-refractivity contribution in [2.24, 2.45) is 0 Å². The van der Waals surface area contributed by atoms with Crippen molar-refractivity contribution >= 4 is 23.7 Å². The molecular formula is Cl2OTm. The van der Waals surface area contributed by atoms with E-state index >= 15 is 0 Å². The first-order valence-corrected chi connectivity index (χ1v) is 0.926. The van der Waals surface area contributed by atoms with E-state index in [4.69, 9.17) is 0 Å². The molecule has 0 aliphatic carbocycles. The zero-order chi connectivity index (χ0) is 2.71. The number of hydrogen-bond acceptors (Lipinski definition) is 1. The predicted molar refractivity (Wildman–Crippen MR) is 12.8 cm³/mol. The summed E-state index contributed by atoms with van der Waals surface area (Å²) in [5.41, 5.74) is 0. The Morgan fingerprint density at radius 1 is 1.25 bits per heavy atom. The Labute approximate surface area is 63.7 Å². The molecule has 0 rings (SSSR count). The molecule has 0 aromatic carbocycles. The molecule has 4 heteroatoms. The van der Waals surface area contributed by atoms with E-state index in [-0.39, 0.29) is 36.9 Å². The fourth-order valence-electron chi connectivity index (χ4n) is 0. The van der Waals surface area contributed by atoms with Crippen molar-refractivity contribution in [3.8, 4) is 0 Å². The monoisotopic (exact) mass is 255 g/mol.